The molecular weight excluding hydrogens is 318 g/mol. The fourth-order valence-electron chi connectivity index (χ4n) is 3.01. The molecule has 2 rings (SSSR count). The number of nitrogens with zero attached hydrogens (tertiary/aromatic N) is 1. The molecule has 1 aromatic rings. The Morgan fingerprint density at radius 3 is 2.91 bits per heavy atom. The van der Waals surface area contributed by atoms with Crippen molar-refractivity contribution in [3.63, 3.8) is 0 Å². The fourth-order valence-corrected chi connectivity index (χ4v) is 3.21. The molecule has 1 aromatic carbocycles. The second-order valence-corrected chi connectivity index (χ2v) is 6.35. The third-order valence-electron chi connectivity index (χ3n) is 4.22. The van der Waals surface area contributed by atoms with Crippen LogP contribution >= 0.6 is 11.6 Å². The monoisotopic (exact) mass is 339 g/mol. The molecule has 0 bridgehead atoms. The van der Waals surface area contributed by atoms with E-state index in [9.17, 15) is 9.59 Å². The molecule has 1 aliphatic rings. The van der Waals surface area contributed by atoms with Gasteiger partial charge >= 0.3 is 5.97 Å². The zero-order valence-electron chi connectivity index (χ0n) is 13.3. The molecule has 1 saturated heterocycles. The van der Waals surface area contributed by atoms with Gasteiger partial charge in [0.2, 0.25) is 5.91 Å². The molecule has 0 unspecified atom stereocenters. The average Bonchev–Trinajstić information content (AvgIpc) is 2.53. The van der Waals surface area contributed by atoms with E-state index in [0.29, 0.717) is 23.7 Å². The summed E-state index contributed by atoms with van der Waals surface area (Å²) in [6.45, 7) is 1.36. The quantitative estimate of drug-likeness (QED) is 0.865. The third-order valence-corrected chi connectivity index (χ3v) is 4.46. The first-order valence-corrected chi connectivity index (χ1v) is 8.19. The first kappa shape index (κ1) is 17.6. The summed E-state index contributed by atoms with van der Waals surface area (Å²) in [4.78, 5) is 25.1. The molecular formula is C17H22ClNO4. The van der Waals surface area contributed by atoms with Crippen molar-refractivity contribution in [1.82, 2.24) is 4.90 Å². The van der Waals surface area contributed by atoms with Gasteiger partial charge < -0.3 is 14.7 Å². The number of ether oxygens (including phenoxy) is 1. The molecule has 23 heavy (non-hydrogen) atoms. The standard InChI is InChI=1S/C17H22ClNO4/c1-23-15-6-5-14(18)9-13(15)10-16(20)19-8-2-3-12(11-19)4-7-17(21)22/h5-6,9,12H,2-4,7-8,10-11H2,1H3,(H,21,22)/t12-/m1/s1. The van der Waals surface area contributed by atoms with Crippen LogP contribution in [-0.2, 0) is 16.0 Å². The number of carbonyl (C=O) groups is 2. The number of likely N-dealkylation sites (tertiary alicyclic amines) is 1. The smallest absolute Gasteiger partial charge is 0.303 e. The van der Waals surface area contributed by atoms with Crippen molar-refractivity contribution in [2.45, 2.75) is 32.1 Å². The van der Waals surface area contributed by atoms with Gasteiger partial charge in [-0.15, -0.1) is 0 Å². The molecule has 126 valence electrons. The Bertz CT molecular complexity index is 576. The van der Waals surface area contributed by atoms with E-state index in [1.165, 1.54) is 0 Å². The normalized spacial score (nSPS) is 17.8. The highest BCUT2D eigenvalue weighted by atomic mass is 35.5. The molecule has 1 aliphatic heterocycles. The summed E-state index contributed by atoms with van der Waals surface area (Å²) in [6, 6.07) is 5.25. The van der Waals surface area contributed by atoms with Crippen LogP contribution in [0.1, 0.15) is 31.2 Å². The first-order chi connectivity index (χ1) is 11.0. The van der Waals surface area contributed by atoms with E-state index in [0.717, 1.165) is 24.9 Å². The molecule has 0 aromatic heterocycles. The first-order valence-electron chi connectivity index (χ1n) is 7.81. The van der Waals surface area contributed by atoms with Gasteiger partial charge in [-0.25, -0.2) is 0 Å². The van der Waals surface area contributed by atoms with Gasteiger partial charge in [0.15, 0.2) is 0 Å². The second-order valence-electron chi connectivity index (χ2n) is 5.91. The Morgan fingerprint density at radius 1 is 1.43 bits per heavy atom. The number of carboxylic acid groups (broad SMARTS) is 1. The molecule has 1 atom stereocenters. The van der Waals surface area contributed by atoms with Crippen molar-refractivity contribution in [2.24, 2.45) is 5.92 Å². The van der Waals surface area contributed by atoms with Crippen LogP contribution in [0.4, 0.5) is 0 Å². The Balaban J connectivity index is 1.97. The van der Waals surface area contributed by atoms with Crippen molar-refractivity contribution in [3.05, 3.63) is 28.8 Å². The lowest BCUT2D eigenvalue weighted by Crippen LogP contribution is -2.40. The fraction of sp³-hybridized carbons (Fsp3) is 0.529. The van der Waals surface area contributed by atoms with Crippen molar-refractivity contribution in [3.8, 4) is 5.75 Å². The van der Waals surface area contributed by atoms with Crippen LogP contribution < -0.4 is 4.74 Å². The number of amides is 1. The van der Waals surface area contributed by atoms with Crippen LogP contribution in [0.5, 0.6) is 5.75 Å². The van der Waals surface area contributed by atoms with Crippen LogP contribution in [0.15, 0.2) is 18.2 Å². The van der Waals surface area contributed by atoms with Crippen LogP contribution in [-0.4, -0.2) is 42.1 Å². The number of hydrogen-bond donors (Lipinski definition) is 1. The van der Waals surface area contributed by atoms with Gasteiger partial charge in [-0.3, -0.25) is 9.59 Å². The molecule has 0 saturated carbocycles. The maximum atomic E-state index is 12.5. The van der Waals surface area contributed by atoms with E-state index in [4.69, 9.17) is 21.4 Å². The number of halogens is 1. The molecule has 1 fully saturated rings. The van der Waals surface area contributed by atoms with E-state index in [-0.39, 0.29) is 24.7 Å². The summed E-state index contributed by atoms with van der Waals surface area (Å²) in [5.41, 5.74) is 0.776. The maximum absolute atomic E-state index is 12.5. The number of piperidine rings is 1. The van der Waals surface area contributed by atoms with Gasteiger partial charge in [0.1, 0.15) is 5.75 Å². The summed E-state index contributed by atoms with van der Waals surface area (Å²) < 4.78 is 5.28. The summed E-state index contributed by atoms with van der Waals surface area (Å²) >= 11 is 6.00. The summed E-state index contributed by atoms with van der Waals surface area (Å²) in [5, 5.41) is 9.37. The number of benzene rings is 1. The van der Waals surface area contributed by atoms with Gasteiger partial charge in [-0.05, 0) is 43.4 Å². The van der Waals surface area contributed by atoms with Gasteiger partial charge in [-0.2, -0.15) is 0 Å². The average molecular weight is 340 g/mol. The lowest BCUT2D eigenvalue weighted by Gasteiger charge is -2.33. The third kappa shape index (κ3) is 5.13. The minimum atomic E-state index is -0.780. The van der Waals surface area contributed by atoms with Gasteiger partial charge in [0.25, 0.3) is 0 Å². The van der Waals surface area contributed by atoms with E-state index in [1.807, 2.05) is 4.90 Å². The zero-order chi connectivity index (χ0) is 16.8. The number of methoxy groups -OCH3 is 1. The molecule has 1 N–H and O–H groups in total. The van der Waals surface area contributed by atoms with Crippen LogP contribution in [0.2, 0.25) is 5.02 Å². The largest absolute Gasteiger partial charge is 0.496 e. The van der Waals surface area contributed by atoms with E-state index in [2.05, 4.69) is 0 Å². The molecule has 5 nitrogen and oxygen atoms in total. The molecule has 1 heterocycles. The van der Waals surface area contributed by atoms with Gasteiger partial charge in [0.05, 0.1) is 13.5 Å². The number of rotatable bonds is 6. The lowest BCUT2D eigenvalue weighted by atomic mass is 9.93. The highest BCUT2D eigenvalue weighted by molar-refractivity contribution is 6.30. The summed E-state index contributed by atoms with van der Waals surface area (Å²) in [6.07, 6.45) is 2.93. The topological polar surface area (TPSA) is 66.8 Å². The molecule has 0 radical (unpaired) electrons. The van der Waals surface area contributed by atoms with Crippen molar-refractivity contribution >= 4 is 23.5 Å². The number of hydrogen-bond acceptors (Lipinski definition) is 3. The molecule has 1 amide bonds. The second kappa shape index (κ2) is 8.20. The number of carbonyl (C=O) groups excluding carboxylic acids is 1. The van der Waals surface area contributed by atoms with E-state index < -0.39 is 5.97 Å². The highest BCUT2D eigenvalue weighted by Crippen LogP contribution is 2.25. The minimum Gasteiger partial charge on any atom is -0.496 e. The molecule has 0 spiro atoms. The van der Waals surface area contributed by atoms with Gasteiger partial charge in [0, 0.05) is 30.1 Å². The Kier molecular flexibility index (Phi) is 6.28. The SMILES string of the molecule is COc1ccc(Cl)cc1CC(=O)N1CCC[C@H](CCC(=O)O)C1. The Hall–Kier alpha value is -1.75. The van der Waals surface area contributed by atoms with Crippen LogP contribution in [0.25, 0.3) is 0 Å². The van der Waals surface area contributed by atoms with Crippen LogP contribution in [0.3, 0.4) is 0 Å². The minimum absolute atomic E-state index is 0.0330. The van der Waals surface area contributed by atoms with Crippen molar-refractivity contribution < 1.29 is 19.4 Å². The lowest BCUT2D eigenvalue weighted by molar-refractivity contribution is -0.137. The summed E-state index contributed by atoms with van der Waals surface area (Å²) in [5.74, 6) is 0.176. The Labute approximate surface area is 141 Å². The number of aliphatic carboxylic acids is 1. The number of carboxylic acids is 1. The summed E-state index contributed by atoms with van der Waals surface area (Å²) in [7, 11) is 1.57. The molecule has 6 heteroatoms. The molecule has 0 aliphatic carbocycles. The van der Waals surface area contributed by atoms with Crippen LogP contribution in [0, 0.1) is 5.92 Å². The predicted octanol–water partition coefficient (Wildman–Crippen LogP) is 2.99. The van der Waals surface area contributed by atoms with Crippen molar-refractivity contribution in [2.75, 3.05) is 20.2 Å². The highest BCUT2D eigenvalue weighted by Gasteiger charge is 2.24. The zero-order valence-corrected chi connectivity index (χ0v) is 14.0. The predicted molar refractivity (Wildman–Crippen MR) is 87.9 cm³/mol. The van der Waals surface area contributed by atoms with E-state index >= 15 is 0 Å². The maximum Gasteiger partial charge on any atom is 0.303 e. The van der Waals surface area contributed by atoms with Crippen molar-refractivity contribution in [1.29, 1.82) is 0 Å². The van der Waals surface area contributed by atoms with Gasteiger partial charge in [-0.1, -0.05) is 11.6 Å². The Morgan fingerprint density at radius 2 is 2.22 bits per heavy atom. The van der Waals surface area contributed by atoms with E-state index in [1.54, 1.807) is 25.3 Å².